The molecule has 3 nitrogen and oxygen atoms in total. The van der Waals surface area contributed by atoms with Gasteiger partial charge in [-0.1, -0.05) is 60.7 Å². The van der Waals surface area contributed by atoms with E-state index in [1.54, 1.807) is 0 Å². The van der Waals surface area contributed by atoms with E-state index in [0.29, 0.717) is 6.42 Å². The molecule has 31 heavy (non-hydrogen) atoms. The third kappa shape index (κ3) is 2.97. The minimum absolute atomic E-state index is 0.0724. The second kappa shape index (κ2) is 7.21. The fourth-order valence-corrected chi connectivity index (χ4v) is 5.06. The van der Waals surface area contributed by atoms with E-state index in [4.69, 9.17) is 0 Å². The van der Waals surface area contributed by atoms with Gasteiger partial charge in [-0.05, 0) is 53.3 Å². The molecule has 150 valence electrons. The quantitative estimate of drug-likeness (QED) is 0.418. The van der Waals surface area contributed by atoms with Crippen LogP contribution in [0, 0.1) is 0 Å². The molecule has 1 N–H and O–H groups in total. The summed E-state index contributed by atoms with van der Waals surface area (Å²) in [5.41, 5.74) is 8.76. The van der Waals surface area contributed by atoms with Gasteiger partial charge in [-0.25, -0.2) is 0 Å². The molecule has 0 radical (unpaired) electrons. The van der Waals surface area contributed by atoms with Gasteiger partial charge in [0, 0.05) is 40.9 Å². The number of carbonyl (C=O) groups is 1. The topological polar surface area (TPSA) is 42.0 Å². The molecular formula is C28H22N2O. The Bertz CT molecular complexity index is 1340. The van der Waals surface area contributed by atoms with Crippen LogP contribution in [0.2, 0.25) is 0 Å². The van der Waals surface area contributed by atoms with Crippen LogP contribution in [0.25, 0.3) is 22.0 Å². The van der Waals surface area contributed by atoms with Crippen molar-refractivity contribution in [3.63, 3.8) is 0 Å². The molecule has 0 saturated heterocycles. The number of hydrogen-bond donors (Lipinski definition) is 1. The zero-order chi connectivity index (χ0) is 20.8. The van der Waals surface area contributed by atoms with Crippen molar-refractivity contribution >= 4 is 22.4 Å². The van der Waals surface area contributed by atoms with Crippen LogP contribution < -0.4 is 5.32 Å². The van der Waals surface area contributed by atoms with E-state index in [1.165, 1.54) is 11.1 Å². The third-order valence-electron chi connectivity index (χ3n) is 6.50. The van der Waals surface area contributed by atoms with Crippen LogP contribution in [-0.2, 0) is 4.79 Å². The first-order chi connectivity index (χ1) is 15.3. The number of anilines is 1. The van der Waals surface area contributed by atoms with Crippen molar-refractivity contribution in [2.75, 3.05) is 5.32 Å². The minimum Gasteiger partial charge on any atom is -0.358 e. The van der Waals surface area contributed by atoms with Crippen molar-refractivity contribution < 1.29 is 4.79 Å². The van der Waals surface area contributed by atoms with E-state index in [2.05, 4.69) is 77.0 Å². The molecule has 4 aromatic rings. The number of allylic oxidation sites excluding steroid dienone is 2. The summed E-state index contributed by atoms with van der Waals surface area (Å²) in [6.45, 7) is 0. The molecule has 0 bridgehead atoms. The van der Waals surface area contributed by atoms with Gasteiger partial charge in [-0.3, -0.25) is 9.78 Å². The van der Waals surface area contributed by atoms with Crippen LogP contribution in [0.3, 0.4) is 0 Å². The van der Waals surface area contributed by atoms with E-state index in [9.17, 15) is 4.79 Å². The maximum absolute atomic E-state index is 13.1. The number of nitrogens with zero attached hydrogens (tertiary/aromatic N) is 1. The Kier molecular flexibility index (Phi) is 4.20. The Morgan fingerprint density at radius 2 is 1.61 bits per heavy atom. The number of rotatable bonds is 2. The predicted octanol–water partition coefficient (Wildman–Crippen LogP) is 6.47. The summed E-state index contributed by atoms with van der Waals surface area (Å²) < 4.78 is 0. The molecule has 3 heteroatoms. The van der Waals surface area contributed by atoms with Crippen molar-refractivity contribution in [2.45, 2.75) is 25.2 Å². The molecule has 2 heterocycles. The maximum atomic E-state index is 13.1. The summed E-state index contributed by atoms with van der Waals surface area (Å²) >= 11 is 0. The number of hydrogen-bond acceptors (Lipinski definition) is 3. The van der Waals surface area contributed by atoms with Crippen LogP contribution >= 0.6 is 0 Å². The lowest BCUT2D eigenvalue weighted by atomic mass is 9.74. The molecule has 1 atom stereocenters. The third-order valence-corrected chi connectivity index (χ3v) is 6.50. The molecule has 6 rings (SSSR count). The smallest absolute Gasteiger partial charge is 0.161 e. The van der Waals surface area contributed by atoms with Gasteiger partial charge < -0.3 is 5.32 Å². The Morgan fingerprint density at radius 1 is 0.806 bits per heavy atom. The lowest BCUT2D eigenvalue weighted by Crippen LogP contribution is -2.27. The highest BCUT2D eigenvalue weighted by Crippen LogP contribution is 2.47. The maximum Gasteiger partial charge on any atom is 0.161 e. The van der Waals surface area contributed by atoms with Gasteiger partial charge in [0.05, 0.1) is 5.52 Å². The van der Waals surface area contributed by atoms with Crippen molar-refractivity contribution in [1.29, 1.82) is 0 Å². The second-order valence-corrected chi connectivity index (χ2v) is 8.31. The average Bonchev–Trinajstić information content (AvgIpc) is 2.83. The molecule has 0 saturated carbocycles. The number of fused-ring (bicyclic) bond motifs is 3. The van der Waals surface area contributed by atoms with Crippen molar-refractivity contribution in [1.82, 2.24) is 4.98 Å². The molecule has 0 amide bonds. The summed E-state index contributed by atoms with van der Waals surface area (Å²) in [7, 11) is 0. The van der Waals surface area contributed by atoms with E-state index < -0.39 is 0 Å². The fourth-order valence-electron chi connectivity index (χ4n) is 5.06. The van der Waals surface area contributed by atoms with Gasteiger partial charge in [0.15, 0.2) is 5.78 Å². The van der Waals surface area contributed by atoms with Gasteiger partial charge in [-0.15, -0.1) is 0 Å². The minimum atomic E-state index is -0.0724. The summed E-state index contributed by atoms with van der Waals surface area (Å²) in [4.78, 5) is 17.7. The summed E-state index contributed by atoms with van der Waals surface area (Å²) in [5, 5.41) is 4.70. The molecule has 0 spiro atoms. The van der Waals surface area contributed by atoms with Crippen LogP contribution in [-0.4, -0.2) is 10.8 Å². The normalized spacial score (nSPS) is 17.8. The van der Waals surface area contributed by atoms with Crippen LogP contribution in [0.5, 0.6) is 0 Å². The Hall–Kier alpha value is -3.72. The van der Waals surface area contributed by atoms with Gasteiger partial charge in [0.25, 0.3) is 0 Å². The molecule has 1 aliphatic carbocycles. The molecule has 1 unspecified atom stereocenters. The fraction of sp³-hybridized carbons (Fsp3) is 0.143. The van der Waals surface area contributed by atoms with Crippen LogP contribution in [0.15, 0.2) is 96.3 Å². The first-order valence-corrected chi connectivity index (χ1v) is 10.9. The number of benzene rings is 3. The Morgan fingerprint density at radius 3 is 2.45 bits per heavy atom. The molecule has 1 aliphatic heterocycles. The van der Waals surface area contributed by atoms with Crippen molar-refractivity contribution in [3.8, 4) is 11.1 Å². The molecule has 0 fully saturated rings. The van der Waals surface area contributed by atoms with Crippen LogP contribution in [0.1, 0.15) is 36.3 Å². The Labute approximate surface area is 181 Å². The standard InChI is InChI=1S/C28H22N2O/c31-25-10-4-9-23-28(25)26(20-13-11-19(12-14-20)18-6-2-1-3-7-18)27-21-8-5-17-29-22(21)15-16-24(27)30-23/h1-3,5-8,11-17,26,30H,4,9-10H2. The first-order valence-electron chi connectivity index (χ1n) is 10.9. The van der Waals surface area contributed by atoms with E-state index in [-0.39, 0.29) is 11.7 Å². The van der Waals surface area contributed by atoms with Crippen molar-refractivity contribution in [3.05, 3.63) is 107 Å². The predicted molar refractivity (Wildman–Crippen MR) is 125 cm³/mol. The van der Waals surface area contributed by atoms with Crippen LogP contribution in [0.4, 0.5) is 5.69 Å². The van der Waals surface area contributed by atoms with Gasteiger partial charge >= 0.3 is 0 Å². The van der Waals surface area contributed by atoms with E-state index in [1.807, 2.05) is 18.3 Å². The largest absolute Gasteiger partial charge is 0.358 e. The van der Waals surface area contributed by atoms with E-state index in [0.717, 1.165) is 51.8 Å². The lowest BCUT2D eigenvalue weighted by molar-refractivity contribution is -0.116. The molecule has 3 aromatic carbocycles. The highest BCUT2D eigenvalue weighted by Gasteiger charge is 2.36. The summed E-state index contributed by atoms with van der Waals surface area (Å²) in [6.07, 6.45) is 4.28. The summed E-state index contributed by atoms with van der Waals surface area (Å²) in [6, 6.07) is 27.4. The monoisotopic (exact) mass is 402 g/mol. The highest BCUT2D eigenvalue weighted by molar-refractivity contribution is 6.03. The molecular weight excluding hydrogens is 380 g/mol. The number of aromatic nitrogens is 1. The number of Topliss-reactive ketones (excluding diaryl/α,β-unsaturated/α-hetero) is 1. The lowest BCUT2D eigenvalue weighted by Gasteiger charge is -2.35. The number of ketones is 1. The SMILES string of the molecule is O=C1CCCC2=C1C(c1ccc(-c3ccccc3)cc1)c1c(ccc3ncccc13)N2. The number of pyridine rings is 1. The molecule has 2 aliphatic rings. The first kappa shape index (κ1) is 18.1. The number of carbonyl (C=O) groups excluding carboxylic acids is 1. The van der Waals surface area contributed by atoms with Gasteiger partial charge in [0.1, 0.15) is 0 Å². The zero-order valence-electron chi connectivity index (χ0n) is 17.1. The highest BCUT2D eigenvalue weighted by atomic mass is 16.1. The van der Waals surface area contributed by atoms with Crippen molar-refractivity contribution in [2.24, 2.45) is 0 Å². The van der Waals surface area contributed by atoms with Gasteiger partial charge in [-0.2, -0.15) is 0 Å². The number of nitrogens with one attached hydrogen (secondary N) is 1. The summed E-state index contributed by atoms with van der Waals surface area (Å²) in [5.74, 6) is 0.189. The van der Waals surface area contributed by atoms with E-state index >= 15 is 0 Å². The zero-order valence-corrected chi connectivity index (χ0v) is 17.1. The Balaban J connectivity index is 1.56. The van der Waals surface area contributed by atoms with Gasteiger partial charge in [0.2, 0.25) is 0 Å². The second-order valence-electron chi connectivity index (χ2n) is 8.31. The average molecular weight is 402 g/mol. The molecule has 1 aromatic heterocycles.